The van der Waals surface area contributed by atoms with E-state index in [9.17, 15) is 10.1 Å². The van der Waals surface area contributed by atoms with E-state index in [-0.39, 0.29) is 0 Å². The van der Waals surface area contributed by atoms with Crippen molar-refractivity contribution in [2.45, 2.75) is 0 Å². The number of rotatable bonds is 3. The number of allylic oxidation sites excluding steroid dienone is 1. The summed E-state index contributed by atoms with van der Waals surface area (Å²) < 4.78 is 5.37. The van der Waals surface area contributed by atoms with E-state index in [1.54, 1.807) is 23.6 Å². The molecule has 0 unspecified atom stereocenters. The fraction of sp³-hybridized carbons (Fsp3) is 0. The van der Waals surface area contributed by atoms with Crippen molar-refractivity contribution in [2.75, 3.05) is 0 Å². The lowest BCUT2D eigenvalue weighted by Gasteiger charge is -1.99. The molecule has 0 fully saturated rings. The molecular weight excluding hydrogens is 344 g/mol. The second-order valence-corrected chi connectivity index (χ2v) is 6.46. The average molecular weight is 356 g/mol. The molecule has 5 heteroatoms. The van der Waals surface area contributed by atoms with Crippen molar-refractivity contribution in [2.24, 2.45) is 0 Å². The zero-order chi connectivity index (χ0) is 17.9. The topological polar surface area (TPSA) is 66.9 Å². The maximum atomic E-state index is 12.3. The van der Waals surface area contributed by atoms with Crippen molar-refractivity contribution < 1.29 is 4.42 Å². The summed E-state index contributed by atoms with van der Waals surface area (Å²) in [4.78, 5) is 16.8. The Morgan fingerprint density at radius 3 is 2.69 bits per heavy atom. The van der Waals surface area contributed by atoms with Gasteiger partial charge in [0.1, 0.15) is 16.7 Å². The van der Waals surface area contributed by atoms with E-state index in [2.05, 4.69) is 11.1 Å². The van der Waals surface area contributed by atoms with Crippen molar-refractivity contribution in [3.8, 4) is 17.3 Å². The molecular formula is C21H12N2O2S. The van der Waals surface area contributed by atoms with Crippen LogP contribution in [0.5, 0.6) is 0 Å². The predicted octanol–water partition coefficient (Wildman–Crippen LogP) is 4.98. The molecule has 0 atom stereocenters. The predicted molar refractivity (Wildman–Crippen MR) is 104 cm³/mol. The van der Waals surface area contributed by atoms with Crippen LogP contribution in [0, 0.1) is 11.3 Å². The fourth-order valence-electron chi connectivity index (χ4n) is 2.62. The van der Waals surface area contributed by atoms with Crippen LogP contribution in [0.15, 0.2) is 75.3 Å². The summed E-state index contributed by atoms with van der Waals surface area (Å²) in [5.41, 5.74) is 2.38. The molecule has 4 nitrogen and oxygen atoms in total. The Morgan fingerprint density at radius 1 is 1.12 bits per heavy atom. The monoisotopic (exact) mass is 356 g/mol. The standard InChI is InChI=1S/C21H12N2O2S/c22-12-16(10-14-6-2-1-3-7-14)20-23-18(13-26-20)17-11-15-8-4-5-9-19(15)25-21(17)24/h1-11,13H/b16-10+. The number of aromatic nitrogens is 1. The summed E-state index contributed by atoms with van der Waals surface area (Å²) in [6.45, 7) is 0. The van der Waals surface area contributed by atoms with Crippen LogP contribution >= 0.6 is 11.3 Å². The number of thiazole rings is 1. The first kappa shape index (κ1) is 16.0. The van der Waals surface area contributed by atoms with E-state index in [4.69, 9.17) is 4.42 Å². The van der Waals surface area contributed by atoms with Crippen molar-refractivity contribution in [1.82, 2.24) is 4.98 Å². The minimum absolute atomic E-state index is 0.392. The third-order valence-corrected chi connectivity index (χ3v) is 4.76. The number of benzene rings is 2. The van der Waals surface area contributed by atoms with Crippen LogP contribution in [0.3, 0.4) is 0 Å². The van der Waals surface area contributed by atoms with Gasteiger partial charge in [-0.2, -0.15) is 5.26 Å². The lowest BCUT2D eigenvalue weighted by Crippen LogP contribution is -2.02. The molecule has 0 spiro atoms. The Balaban J connectivity index is 1.77. The molecule has 0 saturated heterocycles. The van der Waals surface area contributed by atoms with Crippen LogP contribution in [-0.4, -0.2) is 4.98 Å². The fourth-order valence-corrected chi connectivity index (χ4v) is 3.40. The van der Waals surface area contributed by atoms with E-state index < -0.39 is 5.63 Å². The summed E-state index contributed by atoms with van der Waals surface area (Å²) in [7, 11) is 0. The molecule has 2 heterocycles. The van der Waals surface area contributed by atoms with Crippen molar-refractivity contribution in [3.63, 3.8) is 0 Å². The molecule has 26 heavy (non-hydrogen) atoms. The minimum Gasteiger partial charge on any atom is -0.422 e. The Labute approximate surface area is 153 Å². The zero-order valence-corrected chi connectivity index (χ0v) is 14.4. The van der Waals surface area contributed by atoms with Gasteiger partial charge in [0.15, 0.2) is 0 Å². The largest absolute Gasteiger partial charge is 0.422 e. The highest BCUT2D eigenvalue weighted by Gasteiger charge is 2.13. The van der Waals surface area contributed by atoms with Gasteiger partial charge in [-0.15, -0.1) is 11.3 Å². The average Bonchev–Trinajstić information content (AvgIpc) is 3.16. The first-order chi connectivity index (χ1) is 12.7. The SMILES string of the molecule is N#C/C(=C\c1ccccc1)c1nc(-c2cc3ccccc3oc2=O)cs1. The van der Waals surface area contributed by atoms with Gasteiger partial charge in [-0.25, -0.2) is 9.78 Å². The van der Waals surface area contributed by atoms with Gasteiger partial charge in [0, 0.05) is 10.8 Å². The number of fused-ring (bicyclic) bond motifs is 1. The van der Waals surface area contributed by atoms with E-state index in [1.165, 1.54) is 11.3 Å². The van der Waals surface area contributed by atoms with Crippen molar-refractivity contribution in [1.29, 1.82) is 5.26 Å². The molecule has 124 valence electrons. The summed E-state index contributed by atoms with van der Waals surface area (Å²) in [5.74, 6) is 0. The maximum absolute atomic E-state index is 12.3. The summed E-state index contributed by atoms with van der Waals surface area (Å²) in [6, 6.07) is 20.9. The van der Waals surface area contributed by atoms with Gasteiger partial charge >= 0.3 is 5.63 Å². The van der Waals surface area contributed by atoms with Crippen LogP contribution in [0.25, 0.3) is 33.9 Å². The number of nitriles is 1. The molecule has 0 bridgehead atoms. The second-order valence-electron chi connectivity index (χ2n) is 5.60. The smallest absolute Gasteiger partial charge is 0.345 e. The van der Waals surface area contributed by atoms with Crippen molar-refractivity contribution >= 4 is 34.0 Å². The molecule has 4 rings (SSSR count). The lowest BCUT2D eigenvalue weighted by atomic mass is 10.1. The molecule has 4 aromatic rings. The van der Waals surface area contributed by atoms with E-state index in [1.807, 2.05) is 48.5 Å². The molecule has 0 N–H and O–H groups in total. The first-order valence-electron chi connectivity index (χ1n) is 7.90. The summed E-state index contributed by atoms with van der Waals surface area (Å²) in [5, 5.41) is 12.7. The normalized spacial score (nSPS) is 11.4. The minimum atomic E-state index is -0.439. The molecule has 2 aromatic heterocycles. The third-order valence-electron chi connectivity index (χ3n) is 3.88. The lowest BCUT2D eigenvalue weighted by molar-refractivity contribution is 0.563. The molecule has 0 amide bonds. The van der Waals surface area contributed by atoms with Crippen molar-refractivity contribution in [3.05, 3.63) is 87.0 Å². The molecule has 0 aliphatic rings. The van der Waals surface area contributed by atoms with Gasteiger partial charge in [0.25, 0.3) is 0 Å². The van der Waals surface area contributed by atoms with Gasteiger partial charge in [-0.05, 0) is 23.8 Å². The van der Waals surface area contributed by atoms with E-state index in [0.717, 1.165) is 10.9 Å². The number of hydrogen-bond acceptors (Lipinski definition) is 5. The van der Waals surface area contributed by atoms with Crippen LogP contribution in [-0.2, 0) is 0 Å². The quantitative estimate of drug-likeness (QED) is 0.383. The Kier molecular flexibility index (Phi) is 4.18. The molecule has 0 aliphatic heterocycles. The van der Waals surface area contributed by atoms with Crippen LogP contribution in [0.2, 0.25) is 0 Å². The molecule has 0 saturated carbocycles. The summed E-state index contributed by atoms with van der Waals surface area (Å²) in [6.07, 6.45) is 1.78. The highest BCUT2D eigenvalue weighted by molar-refractivity contribution is 7.11. The number of nitrogens with zero attached hydrogens (tertiary/aromatic N) is 2. The zero-order valence-electron chi connectivity index (χ0n) is 13.5. The maximum Gasteiger partial charge on any atom is 0.345 e. The summed E-state index contributed by atoms with van der Waals surface area (Å²) >= 11 is 1.33. The van der Waals surface area contributed by atoms with E-state index in [0.29, 0.717) is 27.4 Å². The van der Waals surface area contributed by atoms with Crippen LogP contribution in [0.1, 0.15) is 10.6 Å². The highest BCUT2D eigenvalue weighted by Crippen LogP contribution is 2.27. The molecule has 0 radical (unpaired) electrons. The Morgan fingerprint density at radius 2 is 1.88 bits per heavy atom. The highest BCUT2D eigenvalue weighted by atomic mass is 32.1. The first-order valence-corrected chi connectivity index (χ1v) is 8.78. The van der Waals surface area contributed by atoms with Gasteiger partial charge in [-0.1, -0.05) is 48.5 Å². The van der Waals surface area contributed by atoms with Crippen LogP contribution in [0.4, 0.5) is 0 Å². The van der Waals surface area contributed by atoms with Gasteiger partial charge in [0.05, 0.1) is 16.8 Å². The van der Waals surface area contributed by atoms with Gasteiger partial charge in [0.2, 0.25) is 0 Å². The number of hydrogen-bond donors (Lipinski definition) is 0. The molecule has 0 aliphatic carbocycles. The van der Waals surface area contributed by atoms with Crippen LogP contribution < -0.4 is 5.63 Å². The Hall–Kier alpha value is -3.49. The molecule has 2 aromatic carbocycles. The van der Waals surface area contributed by atoms with Gasteiger partial charge in [-0.3, -0.25) is 0 Å². The van der Waals surface area contributed by atoms with E-state index >= 15 is 0 Å². The second kappa shape index (κ2) is 6.79. The Bertz CT molecular complexity index is 1210. The third kappa shape index (κ3) is 3.06. The van der Waals surface area contributed by atoms with Gasteiger partial charge < -0.3 is 4.42 Å². The number of para-hydroxylation sites is 1.